The van der Waals surface area contributed by atoms with Crippen LogP contribution >= 0.6 is 0 Å². The summed E-state index contributed by atoms with van der Waals surface area (Å²) < 4.78 is 22.4. The molecular weight excluding hydrogens is 332 g/mol. The zero-order valence-corrected chi connectivity index (χ0v) is 14.2. The number of anilines is 2. The number of carbonyl (C=O) groups excluding carboxylic acids is 1. The minimum absolute atomic E-state index is 0.0973. The van der Waals surface area contributed by atoms with Crippen molar-refractivity contribution in [2.75, 3.05) is 35.3 Å². The van der Waals surface area contributed by atoms with Crippen LogP contribution in [-0.2, 0) is 14.6 Å². The van der Waals surface area contributed by atoms with Crippen molar-refractivity contribution in [3.05, 3.63) is 22.6 Å². The van der Waals surface area contributed by atoms with Crippen molar-refractivity contribution in [2.24, 2.45) is 0 Å². The molecule has 0 saturated carbocycles. The third-order valence-corrected chi connectivity index (χ3v) is 5.00. The molecule has 0 aliphatic carbocycles. The third kappa shape index (κ3) is 3.78. The van der Waals surface area contributed by atoms with Crippen LogP contribution in [0.25, 0.3) is 11.0 Å². The number of carbonyl (C=O) groups is 1. The lowest BCUT2D eigenvalue weighted by Gasteiger charge is -2.21. The standard InChI is InChI=1S/C15H20N4O4S/c1-24(22,23)7-4-14(20)16-12-8-10-11(18-15(21)17-10)9-13(12)19-5-2-3-6-19/h8-9H,2-7H2,1H3,(H,16,20)(H2,17,18,21). The Labute approximate surface area is 139 Å². The van der Waals surface area contributed by atoms with Gasteiger partial charge in [-0.1, -0.05) is 0 Å². The van der Waals surface area contributed by atoms with Gasteiger partial charge >= 0.3 is 5.69 Å². The Morgan fingerprint density at radius 3 is 2.46 bits per heavy atom. The highest BCUT2D eigenvalue weighted by Crippen LogP contribution is 2.32. The van der Waals surface area contributed by atoms with E-state index in [1.807, 2.05) is 6.07 Å². The number of hydrogen-bond acceptors (Lipinski definition) is 5. The molecule has 0 spiro atoms. The fourth-order valence-electron chi connectivity index (χ4n) is 2.88. The maximum atomic E-state index is 12.1. The van der Waals surface area contributed by atoms with E-state index in [4.69, 9.17) is 0 Å². The van der Waals surface area contributed by atoms with E-state index in [-0.39, 0.29) is 23.8 Å². The number of aromatic nitrogens is 2. The molecule has 9 heteroatoms. The molecule has 3 rings (SSSR count). The summed E-state index contributed by atoms with van der Waals surface area (Å²) in [6.45, 7) is 1.76. The number of hydrogen-bond donors (Lipinski definition) is 3. The van der Waals surface area contributed by atoms with E-state index in [0.717, 1.165) is 37.9 Å². The van der Waals surface area contributed by atoms with Gasteiger partial charge in [0.15, 0.2) is 0 Å². The normalized spacial score (nSPS) is 15.1. The Morgan fingerprint density at radius 2 is 1.83 bits per heavy atom. The first-order chi connectivity index (χ1) is 11.3. The van der Waals surface area contributed by atoms with Gasteiger partial charge in [0.1, 0.15) is 9.84 Å². The molecule has 24 heavy (non-hydrogen) atoms. The van der Waals surface area contributed by atoms with Crippen molar-refractivity contribution in [1.82, 2.24) is 9.97 Å². The molecule has 8 nitrogen and oxygen atoms in total. The van der Waals surface area contributed by atoms with E-state index >= 15 is 0 Å². The third-order valence-electron chi connectivity index (χ3n) is 4.05. The van der Waals surface area contributed by atoms with Crippen LogP contribution in [0.2, 0.25) is 0 Å². The first-order valence-corrected chi connectivity index (χ1v) is 9.86. The average Bonchev–Trinajstić information content (AvgIpc) is 3.11. The lowest BCUT2D eigenvalue weighted by Crippen LogP contribution is -2.22. The largest absolute Gasteiger partial charge is 0.370 e. The highest BCUT2D eigenvalue weighted by Gasteiger charge is 2.19. The molecule has 0 bridgehead atoms. The zero-order valence-electron chi connectivity index (χ0n) is 13.4. The van der Waals surface area contributed by atoms with Crippen molar-refractivity contribution in [1.29, 1.82) is 0 Å². The van der Waals surface area contributed by atoms with E-state index in [2.05, 4.69) is 20.2 Å². The van der Waals surface area contributed by atoms with Crippen LogP contribution < -0.4 is 15.9 Å². The Hall–Kier alpha value is -2.29. The van der Waals surface area contributed by atoms with Crippen molar-refractivity contribution >= 4 is 38.2 Å². The molecule has 130 valence electrons. The van der Waals surface area contributed by atoms with Gasteiger partial charge in [-0.2, -0.15) is 0 Å². The Balaban J connectivity index is 1.90. The number of amides is 1. The van der Waals surface area contributed by atoms with Crippen LogP contribution in [0, 0.1) is 0 Å². The van der Waals surface area contributed by atoms with Gasteiger partial charge in [0.05, 0.1) is 28.2 Å². The van der Waals surface area contributed by atoms with Crippen molar-refractivity contribution < 1.29 is 13.2 Å². The SMILES string of the molecule is CS(=O)(=O)CCC(=O)Nc1cc2[nH]c(=O)[nH]c2cc1N1CCCC1. The van der Waals surface area contributed by atoms with Crippen LogP contribution in [-0.4, -0.2) is 49.4 Å². The number of rotatable bonds is 5. The number of aromatic amines is 2. The van der Waals surface area contributed by atoms with Crippen molar-refractivity contribution in [3.63, 3.8) is 0 Å². The average molecular weight is 352 g/mol. The van der Waals surface area contributed by atoms with E-state index in [0.29, 0.717) is 16.7 Å². The highest BCUT2D eigenvalue weighted by molar-refractivity contribution is 7.90. The molecule has 1 aromatic heterocycles. The number of imidazole rings is 1. The number of sulfone groups is 1. The summed E-state index contributed by atoms with van der Waals surface area (Å²) in [5.74, 6) is -0.556. The van der Waals surface area contributed by atoms with Crippen molar-refractivity contribution in [2.45, 2.75) is 19.3 Å². The van der Waals surface area contributed by atoms with Gasteiger partial charge in [-0.05, 0) is 25.0 Å². The molecule has 1 fully saturated rings. The molecule has 0 radical (unpaired) electrons. The molecule has 0 atom stereocenters. The highest BCUT2D eigenvalue weighted by atomic mass is 32.2. The number of nitrogens with one attached hydrogen (secondary N) is 3. The molecule has 0 unspecified atom stereocenters. The van der Waals surface area contributed by atoms with Gasteiger partial charge < -0.3 is 20.2 Å². The fourth-order valence-corrected chi connectivity index (χ4v) is 3.44. The maximum Gasteiger partial charge on any atom is 0.323 e. The van der Waals surface area contributed by atoms with E-state index in [1.54, 1.807) is 6.07 Å². The quantitative estimate of drug-likeness (QED) is 0.737. The zero-order chi connectivity index (χ0) is 17.3. The second-order valence-electron chi connectivity index (χ2n) is 6.12. The summed E-state index contributed by atoms with van der Waals surface area (Å²) in [6.07, 6.45) is 3.15. The first kappa shape index (κ1) is 16.6. The van der Waals surface area contributed by atoms with E-state index in [1.165, 1.54) is 0 Å². The molecule has 1 amide bonds. The first-order valence-electron chi connectivity index (χ1n) is 7.80. The van der Waals surface area contributed by atoms with E-state index < -0.39 is 9.84 Å². The lowest BCUT2D eigenvalue weighted by atomic mass is 10.2. The minimum Gasteiger partial charge on any atom is -0.370 e. The molecule has 1 aliphatic heterocycles. The number of fused-ring (bicyclic) bond motifs is 1. The van der Waals surface area contributed by atoms with Gasteiger partial charge in [-0.3, -0.25) is 4.79 Å². The summed E-state index contributed by atoms with van der Waals surface area (Å²) in [6, 6.07) is 3.55. The summed E-state index contributed by atoms with van der Waals surface area (Å²) in [4.78, 5) is 31.1. The number of benzene rings is 1. The lowest BCUT2D eigenvalue weighted by molar-refractivity contribution is -0.115. The fraction of sp³-hybridized carbons (Fsp3) is 0.467. The Morgan fingerprint density at radius 1 is 1.21 bits per heavy atom. The van der Waals surface area contributed by atoms with Gasteiger partial charge in [-0.15, -0.1) is 0 Å². The van der Waals surface area contributed by atoms with Gasteiger partial charge in [0.25, 0.3) is 0 Å². The summed E-state index contributed by atoms with van der Waals surface area (Å²) in [5, 5.41) is 2.78. The number of H-pyrrole nitrogens is 2. The predicted molar refractivity (Wildman–Crippen MR) is 93.3 cm³/mol. The second kappa shape index (κ2) is 6.31. The summed E-state index contributed by atoms with van der Waals surface area (Å²) in [7, 11) is -3.19. The Kier molecular flexibility index (Phi) is 4.35. The number of nitrogens with zero attached hydrogens (tertiary/aromatic N) is 1. The molecule has 1 saturated heterocycles. The molecule has 1 aliphatic rings. The molecule has 2 aromatic rings. The molecule has 1 aromatic carbocycles. The second-order valence-corrected chi connectivity index (χ2v) is 8.38. The van der Waals surface area contributed by atoms with Crippen LogP contribution in [0.15, 0.2) is 16.9 Å². The summed E-state index contributed by atoms with van der Waals surface area (Å²) >= 11 is 0. The Bertz CT molecular complexity index is 923. The summed E-state index contributed by atoms with van der Waals surface area (Å²) in [5.41, 5.74) is 2.39. The van der Waals surface area contributed by atoms with Crippen molar-refractivity contribution in [3.8, 4) is 0 Å². The minimum atomic E-state index is -3.19. The van der Waals surface area contributed by atoms with Gasteiger partial charge in [0, 0.05) is 25.8 Å². The predicted octanol–water partition coefficient (Wildman–Crippen LogP) is 0.830. The van der Waals surface area contributed by atoms with Crippen LogP contribution in [0.3, 0.4) is 0 Å². The molecular formula is C15H20N4O4S. The smallest absolute Gasteiger partial charge is 0.323 e. The monoisotopic (exact) mass is 352 g/mol. The van der Waals surface area contributed by atoms with Crippen LogP contribution in [0.1, 0.15) is 19.3 Å². The van der Waals surface area contributed by atoms with Crippen LogP contribution in [0.4, 0.5) is 11.4 Å². The van der Waals surface area contributed by atoms with Crippen LogP contribution in [0.5, 0.6) is 0 Å². The topological polar surface area (TPSA) is 115 Å². The van der Waals surface area contributed by atoms with Gasteiger partial charge in [-0.25, -0.2) is 13.2 Å². The van der Waals surface area contributed by atoms with Gasteiger partial charge in [0.2, 0.25) is 5.91 Å². The molecule has 3 N–H and O–H groups in total. The maximum absolute atomic E-state index is 12.1. The van der Waals surface area contributed by atoms with E-state index in [9.17, 15) is 18.0 Å². The molecule has 2 heterocycles.